The highest BCUT2D eigenvalue weighted by Gasteiger charge is 2.37. The van der Waals surface area contributed by atoms with E-state index in [-0.39, 0.29) is 36.2 Å². The Hall–Kier alpha value is -1.45. The lowest BCUT2D eigenvalue weighted by Crippen LogP contribution is -2.44. The van der Waals surface area contributed by atoms with E-state index in [2.05, 4.69) is 5.10 Å². The number of carbonyl (C=O) groups is 2. The van der Waals surface area contributed by atoms with E-state index in [9.17, 15) is 18.0 Å². The van der Waals surface area contributed by atoms with E-state index < -0.39 is 15.9 Å². The summed E-state index contributed by atoms with van der Waals surface area (Å²) >= 11 is 7.36. The van der Waals surface area contributed by atoms with E-state index in [4.69, 9.17) is 11.6 Å². The molecule has 1 fully saturated rings. The molecule has 0 unspecified atom stereocenters. The number of hydrogen-bond donors (Lipinski definition) is 0. The van der Waals surface area contributed by atoms with Gasteiger partial charge < -0.3 is 4.90 Å². The van der Waals surface area contributed by atoms with Crippen molar-refractivity contribution in [2.75, 3.05) is 18.1 Å². The maximum atomic E-state index is 12.8. The van der Waals surface area contributed by atoms with Crippen molar-refractivity contribution < 1.29 is 18.0 Å². The lowest BCUT2D eigenvalue weighted by Gasteiger charge is -2.29. The molecule has 0 aromatic carbocycles. The molecule has 7 nitrogen and oxygen atoms in total. The van der Waals surface area contributed by atoms with E-state index in [1.165, 1.54) is 16.3 Å². The largest absolute Gasteiger partial charge is 0.333 e. The van der Waals surface area contributed by atoms with Crippen molar-refractivity contribution in [1.82, 2.24) is 9.91 Å². The van der Waals surface area contributed by atoms with E-state index in [0.717, 1.165) is 4.88 Å². The lowest BCUT2D eigenvalue weighted by molar-refractivity contribution is -0.134. The SMILES string of the molecule is CCN(Cc1ccc(Cl)s1)C(=O)C1=NN([C@@H]2CCS(=O)(=O)C2)C(=O)CC1. The van der Waals surface area contributed by atoms with Gasteiger partial charge in [0.15, 0.2) is 9.84 Å². The molecule has 2 aliphatic rings. The fraction of sp³-hybridized carbons (Fsp3) is 0.562. The highest BCUT2D eigenvalue weighted by Crippen LogP contribution is 2.25. The molecule has 0 saturated carbocycles. The molecule has 3 rings (SSSR count). The van der Waals surface area contributed by atoms with Gasteiger partial charge in [0, 0.05) is 24.3 Å². The summed E-state index contributed by atoms with van der Waals surface area (Å²) < 4.78 is 24.1. The zero-order valence-corrected chi connectivity index (χ0v) is 16.7. The second kappa shape index (κ2) is 7.66. The highest BCUT2D eigenvalue weighted by molar-refractivity contribution is 7.91. The molecular weight excluding hydrogens is 398 g/mol. The van der Waals surface area contributed by atoms with Gasteiger partial charge in [0.1, 0.15) is 5.71 Å². The average molecular weight is 418 g/mol. The molecule has 1 aromatic heterocycles. The first-order valence-corrected chi connectivity index (χ1v) is 11.4. The standard InChI is InChI=1S/C16H20ClN3O4S2/c1-2-19(9-12-3-5-14(17)25-12)16(22)13-4-6-15(21)20(18-13)11-7-8-26(23,24)10-11/h3,5,11H,2,4,6-10H2,1H3/t11-/m1/s1. The van der Waals surface area contributed by atoms with Crippen LogP contribution in [0.15, 0.2) is 17.2 Å². The first-order valence-electron chi connectivity index (χ1n) is 8.42. The summed E-state index contributed by atoms with van der Waals surface area (Å²) in [6.07, 6.45) is 0.809. The molecule has 2 amide bonds. The van der Waals surface area contributed by atoms with Crippen LogP contribution in [-0.2, 0) is 26.0 Å². The lowest BCUT2D eigenvalue weighted by atomic mass is 10.1. The Kier molecular flexibility index (Phi) is 5.69. The zero-order valence-electron chi connectivity index (χ0n) is 14.4. The summed E-state index contributed by atoms with van der Waals surface area (Å²) in [7, 11) is -3.13. The van der Waals surface area contributed by atoms with Crippen LogP contribution in [0.2, 0.25) is 4.34 Å². The van der Waals surface area contributed by atoms with Gasteiger partial charge in [-0.3, -0.25) is 9.59 Å². The third-order valence-electron chi connectivity index (χ3n) is 4.51. The van der Waals surface area contributed by atoms with E-state index in [1.54, 1.807) is 11.0 Å². The van der Waals surface area contributed by atoms with Crippen LogP contribution in [0.5, 0.6) is 0 Å². The molecular formula is C16H20ClN3O4S2. The molecule has 26 heavy (non-hydrogen) atoms. The number of rotatable bonds is 5. The van der Waals surface area contributed by atoms with E-state index >= 15 is 0 Å². The Balaban J connectivity index is 1.76. The molecule has 2 aliphatic heterocycles. The van der Waals surface area contributed by atoms with Crippen LogP contribution < -0.4 is 0 Å². The van der Waals surface area contributed by atoms with Gasteiger partial charge in [-0.25, -0.2) is 13.4 Å². The van der Waals surface area contributed by atoms with E-state index in [0.29, 0.717) is 29.6 Å². The predicted molar refractivity (Wildman–Crippen MR) is 101 cm³/mol. The van der Waals surface area contributed by atoms with Crippen LogP contribution >= 0.6 is 22.9 Å². The fourth-order valence-corrected chi connectivity index (χ4v) is 5.91. The minimum atomic E-state index is -3.13. The Labute approximate surface area is 161 Å². The smallest absolute Gasteiger partial charge is 0.270 e. The van der Waals surface area contributed by atoms with Gasteiger partial charge >= 0.3 is 0 Å². The fourth-order valence-electron chi connectivity index (χ4n) is 3.11. The number of hydrogen-bond acceptors (Lipinski definition) is 6. The molecule has 1 aromatic rings. The number of carbonyl (C=O) groups excluding carboxylic acids is 2. The molecule has 0 N–H and O–H groups in total. The number of nitrogens with zero attached hydrogens (tertiary/aromatic N) is 3. The molecule has 0 bridgehead atoms. The molecule has 142 valence electrons. The normalized spacial score (nSPS) is 22.4. The number of thiophene rings is 1. The second-order valence-electron chi connectivity index (χ2n) is 6.37. The number of sulfone groups is 1. The number of amides is 2. The van der Waals surface area contributed by atoms with Gasteiger partial charge in [-0.1, -0.05) is 11.6 Å². The summed E-state index contributed by atoms with van der Waals surface area (Å²) in [5, 5.41) is 5.47. The first-order chi connectivity index (χ1) is 12.3. The third kappa shape index (κ3) is 4.27. The first kappa shape index (κ1) is 19.3. The van der Waals surface area contributed by atoms with Gasteiger partial charge in [0.05, 0.1) is 28.4 Å². The molecule has 0 radical (unpaired) electrons. The van der Waals surface area contributed by atoms with Crippen LogP contribution in [0.25, 0.3) is 0 Å². The van der Waals surface area contributed by atoms with Gasteiger partial charge in [-0.05, 0) is 25.5 Å². The Morgan fingerprint density at radius 1 is 1.42 bits per heavy atom. The summed E-state index contributed by atoms with van der Waals surface area (Å²) in [5.74, 6) is -0.484. The van der Waals surface area contributed by atoms with Crippen molar-refractivity contribution >= 4 is 50.3 Å². The van der Waals surface area contributed by atoms with Gasteiger partial charge in [-0.2, -0.15) is 5.10 Å². The maximum absolute atomic E-state index is 12.8. The summed E-state index contributed by atoms with van der Waals surface area (Å²) in [6, 6.07) is 3.20. The Morgan fingerprint density at radius 3 is 2.77 bits per heavy atom. The quantitative estimate of drug-likeness (QED) is 0.732. The number of halogens is 1. The van der Waals surface area contributed by atoms with Crippen molar-refractivity contribution in [2.45, 2.75) is 38.8 Å². The molecule has 1 atom stereocenters. The second-order valence-corrected chi connectivity index (χ2v) is 10.4. The Morgan fingerprint density at radius 2 is 2.19 bits per heavy atom. The van der Waals surface area contributed by atoms with Gasteiger partial charge in [0.25, 0.3) is 5.91 Å². The van der Waals surface area contributed by atoms with Gasteiger partial charge in [0.2, 0.25) is 5.91 Å². The molecule has 0 aliphatic carbocycles. The summed E-state index contributed by atoms with van der Waals surface area (Å²) in [4.78, 5) is 27.6. The number of hydrazone groups is 1. The van der Waals surface area contributed by atoms with Crippen LogP contribution in [0.1, 0.15) is 31.1 Å². The Bertz CT molecular complexity index is 849. The van der Waals surface area contributed by atoms with E-state index in [1.807, 2.05) is 13.0 Å². The predicted octanol–water partition coefficient (Wildman–Crippen LogP) is 1.92. The van der Waals surface area contributed by atoms with Gasteiger partial charge in [-0.15, -0.1) is 11.3 Å². The van der Waals surface area contributed by atoms with Crippen molar-refractivity contribution in [1.29, 1.82) is 0 Å². The topological polar surface area (TPSA) is 87.1 Å². The molecule has 1 saturated heterocycles. The minimum absolute atomic E-state index is 0.0560. The maximum Gasteiger partial charge on any atom is 0.270 e. The van der Waals surface area contributed by atoms with Crippen molar-refractivity contribution in [3.8, 4) is 0 Å². The van der Waals surface area contributed by atoms with Crippen LogP contribution in [0.4, 0.5) is 0 Å². The highest BCUT2D eigenvalue weighted by atomic mass is 35.5. The van der Waals surface area contributed by atoms with Crippen molar-refractivity contribution in [3.63, 3.8) is 0 Å². The monoisotopic (exact) mass is 417 g/mol. The van der Waals surface area contributed by atoms with Crippen LogP contribution in [0.3, 0.4) is 0 Å². The zero-order chi connectivity index (χ0) is 18.9. The summed E-state index contributed by atoms with van der Waals surface area (Å²) in [5.41, 5.74) is 0.304. The third-order valence-corrected chi connectivity index (χ3v) is 7.47. The molecule has 0 spiro atoms. The minimum Gasteiger partial charge on any atom is -0.333 e. The molecule has 3 heterocycles. The van der Waals surface area contributed by atoms with Crippen molar-refractivity contribution in [3.05, 3.63) is 21.3 Å². The van der Waals surface area contributed by atoms with Crippen molar-refractivity contribution in [2.24, 2.45) is 5.10 Å². The average Bonchev–Trinajstić information content (AvgIpc) is 3.17. The molecule has 10 heteroatoms. The summed E-state index contributed by atoms with van der Waals surface area (Å²) in [6.45, 7) is 2.81. The van der Waals surface area contributed by atoms with Crippen LogP contribution in [-0.4, -0.2) is 59.9 Å². The van der Waals surface area contributed by atoms with Crippen LogP contribution in [0, 0.1) is 0 Å².